The predicted octanol–water partition coefficient (Wildman–Crippen LogP) is 2.32. The fourth-order valence-corrected chi connectivity index (χ4v) is 3.65. The number of hydrogen-bond acceptors (Lipinski definition) is 2. The van der Waals surface area contributed by atoms with Gasteiger partial charge in [0.15, 0.2) is 0 Å². The molecule has 1 unspecified atom stereocenters. The highest BCUT2D eigenvalue weighted by Crippen LogP contribution is 2.67. The normalized spacial score (nSPS) is 27.4. The molecule has 2 aliphatic rings. The Kier molecular flexibility index (Phi) is 3.73. The van der Waals surface area contributed by atoms with Gasteiger partial charge < -0.3 is 15.3 Å². The molecule has 114 valence electrons. The van der Waals surface area contributed by atoms with Gasteiger partial charge in [0.1, 0.15) is 0 Å². The number of rotatable bonds is 4. The summed E-state index contributed by atoms with van der Waals surface area (Å²) in [7, 11) is 0. The number of carboxylic acids is 1. The third-order valence-corrected chi connectivity index (χ3v) is 5.83. The Morgan fingerprint density at radius 2 is 1.85 bits per heavy atom. The molecule has 0 radical (unpaired) electrons. The quantitative estimate of drug-likeness (QED) is 0.831. The molecule has 1 aliphatic carbocycles. The summed E-state index contributed by atoms with van der Waals surface area (Å²) in [5, 5.41) is 11.9. The number of carbonyl (C=O) groups excluding carboxylic acids is 1. The van der Waals surface area contributed by atoms with Crippen LogP contribution in [-0.4, -0.2) is 41.1 Å². The van der Waals surface area contributed by atoms with Crippen LogP contribution in [0.4, 0.5) is 4.79 Å². The molecular weight excluding hydrogens is 256 g/mol. The molecule has 1 aliphatic heterocycles. The molecule has 0 aromatic carbocycles. The zero-order chi connectivity index (χ0) is 15.1. The van der Waals surface area contributed by atoms with Crippen molar-refractivity contribution in [2.24, 2.45) is 16.7 Å². The van der Waals surface area contributed by atoms with Crippen molar-refractivity contribution >= 4 is 12.0 Å². The second-order valence-corrected chi connectivity index (χ2v) is 7.27. The van der Waals surface area contributed by atoms with Crippen molar-refractivity contribution < 1.29 is 14.7 Å². The van der Waals surface area contributed by atoms with E-state index in [0.717, 1.165) is 12.8 Å². The molecule has 5 heteroatoms. The summed E-state index contributed by atoms with van der Waals surface area (Å²) in [6.07, 6.45) is 1.74. The first-order valence-corrected chi connectivity index (χ1v) is 7.44. The van der Waals surface area contributed by atoms with E-state index in [4.69, 9.17) is 5.11 Å². The minimum absolute atomic E-state index is 0.0494. The maximum absolute atomic E-state index is 12.2. The highest BCUT2D eigenvalue weighted by Gasteiger charge is 2.64. The van der Waals surface area contributed by atoms with E-state index in [1.165, 1.54) is 0 Å². The molecule has 1 saturated heterocycles. The van der Waals surface area contributed by atoms with Gasteiger partial charge in [0, 0.05) is 19.1 Å². The standard InChI is InChI=1S/C15H26N2O3/c1-14(2)11(15(14,3)4)9-16-13(20)17-7-5-6-10(17)8-12(18)19/h10-11H,5-9H2,1-4H3,(H,16,20)(H,18,19). The van der Waals surface area contributed by atoms with Crippen LogP contribution < -0.4 is 5.32 Å². The number of hydrogen-bond donors (Lipinski definition) is 2. The maximum Gasteiger partial charge on any atom is 0.317 e. The number of nitrogens with one attached hydrogen (secondary N) is 1. The summed E-state index contributed by atoms with van der Waals surface area (Å²) < 4.78 is 0. The van der Waals surface area contributed by atoms with Crippen molar-refractivity contribution in [3.8, 4) is 0 Å². The number of carboxylic acid groups (broad SMARTS) is 1. The largest absolute Gasteiger partial charge is 0.481 e. The van der Waals surface area contributed by atoms with Gasteiger partial charge in [0.25, 0.3) is 0 Å². The summed E-state index contributed by atoms with van der Waals surface area (Å²) in [6.45, 7) is 10.3. The molecule has 2 N–H and O–H groups in total. The first-order chi connectivity index (χ1) is 9.18. The fraction of sp³-hybridized carbons (Fsp3) is 0.867. The number of urea groups is 1. The van der Waals surface area contributed by atoms with E-state index in [-0.39, 0.29) is 29.3 Å². The van der Waals surface area contributed by atoms with Crippen LogP contribution in [0, 0.1) is 16.7 Å². The van der Waals surface area contributed by atoms with Crippen molar-refractivity contribution in [1.82, 2.24) is 10.2 Å². The smallest absolute Gasteiger partial charge is 0.317 e. The molecule has 1 heterocycles. The minimum atomic E-state index is -0.834. The Morgan fingerprint density at radius 3 is 2.35 bits per heavy atom. The highest BCUT2D eigenvalue weighted by atomic mass is 16.4. The molecule has 2 rings (SSSR count). The summed E-state index contributed by atoms with van der Waals surface area (Å²) in [4.78, 5) is 24.7. The molecule has 20 heavy (non-hydrogen) atoms. The molecular formula is C15H26N2O3. The third-order valence-electron chi connectivity index (χ3n) is 5.83. The monoisotopic (exact) mass is 282 g/mol. The van der Waals surface area contributed by atoms with Crippen molar-refractivity contribution in [3.63, 3.8) is 0 Å². The zero-order valence-electron chi connectivity index (χ0n) is 12.9. The second kappa shape index (κ2) is 4.93. The number of likely N-dealkylation sites (tertiary alicyclic amines) is 1. The molecule has 0 spiro atoms. The summed E-state index contributed by atoms with van der Waals surface area (Å²) >= 11 is 0. The van der Waals surface area contributed by atoms with E-state index in [2.05, 4.69) is 33.0 Å². The Labute approximate surface area is 120 Å². The maximum atomic E-state index is 12.2. The first kappa shape index (κ1) is 15.1. The van der Waals surface area contributed by atoms with Gasteiger partial charge in [-0.25, -0.2) is 4.79 Å². The zero-order valence-corrected chi connectivity index (χ0v) is 12.9. The Bertz CT molecular complexity index is 403. The SMILES string of the molecule is CC1(C)C(CNC(=O)N2CCCC2CC(=O)O)C1(C)C. The van der Waals surface area contributed by atoms with Crippen LogP contribution in [0.25, 0.3) is 0 Å². The lowest BCUT2D eigenvalue weighted by Gasteiger charge is -2.24. The topological polar surface area (TPSA) is 69.6 Å². The van der Waals surface area contributed by atoms with E-state index in [0.29, 0.717) is 19.0 Å². The van der Waals surface area contributed by atoms with Gasteiger partial charge in [-0.05, 0) is 29.6 Å². The van der Waals surface area contributed by atoms with Crippen LogP contribution in [0.1, 0.15) is 47.0 Å². The van der Waals surface area contributed by atoms with Gasteiger partial charge in [-0.3, -0.25) is 4.79 Å². The minimum Gasteiger partial charge on any atom is -0.481 e. The first-order valence-electron chi connectivity index (χ1n) is 7.44. The van der Waals surface area contributed by atoms with Crippen LogP contribution in [0.15, 0.2) is 0 Å². The van der Waals surface area contributed by atoms with Crippen LogP contribution in [0.3, 0.4) is 0 Å². The van der Waals surface area contributed by atoms with Gasteiger partial charge in [-0.2, -0.15) is 0 Å². The van der Waals surface area contributed by atoms with E-state index in [1.54, 1.807) is 4.90 Å². The third kappa shape index (κ3) is 2.50. The second-order valence-electron chi connectivity index (χ2n) is 7.27. The predicted molar refractivity (Wildman–Crippen MR) is 76.4 cm³/mol. The number of nitrogens with zero attached hydrogens (tertiary/aromatic N) is 1. The molecule has 0 bridgehead atoms. The van der Waals surface area contributed by atoms with Crippen LogP contribution >= 0.6 is 0 Å². The van der Waals surface area contributed by atoms with E-state index >= 15 is 0 Å². The average Bonchev–Trinajstić information content (AvgIpc) is 2.68. The summed E-state index contributed by atoms with van der Waals surface area (Å²) in [5.74, 6) is -0.348. The van der Waals surface area contributed by atoms with Crippen LogP contribution in [0.5, 0.6) is 0 Å². The number of amides is 2. The number of carbonyl (C=O) groups is 2. The van der Waals surface area contributed by atoms with Crippen LogP contribution in [-0.2, 0) is 4.79 Å². The van der Waals surface area contributed by atoms with Gasteiger partial charge in [0.2, 0.25) is 0 Å². The van der Waals surface area contributed by atoms with Gasteiger partial charge >= 0.3 is 12.0 Å². The van der Waals surface area contributed by atoms with Crippen molar-refractivity contribution in [2.45, 2.75) is 53.0 Å². The fourth-order valence-electron chi connectivity index (χ4n) is 3.65. The average molecular weight is 282 g/mol. The van der Waals surface area contributed by atoms with Crippen molar-refractivity contribution in [2.75, 3.05) is 13.1 Å². The lowest BCUT2D eigenvalue weighted by molar-refractivity contribution is -0.137. The Hall–Kier alpha value is -1.26. The van der Waals surface area contributed by atoms with Gasteiger partial charge in [0.05, 0.1) is 6.42 Å². The highest BCUT2D eigenvalue weighted by molar-refractivity contribution is 5.76. The van der Waals surface area contributed by atoms with Crippen molar-refractivity contribution in [3.05, 3.63) is 0 Å². The molecule has 2 amide bonds. The summed E-state index contributed by atoms with van der Waals surface area (Å²) in [6, 6.07) is -0.250. The Morgan fingerprint density at radius 1 is 1.25 bits per heavy atom. The van der Waals surface area contributed by atoms with E-state index < -0.39 is 5.97 Å². The lowest BCUT2D eigenvalue weighted by Crippen LogP contribution is -2.44. The molecule has 0 aromatic rings. The van der Waals surface area contributed by atoms with Gasteiger partial charge in [-0.1, -0.05) is 27.7 Å². The van der Waals surface area contributed by atoms with Crippen LogP contribution in [0.2, 0.25) is 0 Å². The number of aliphatic carboxylic acids is 1. The van der Waals surface area contributed by atoms with Crippen molar-refractivity contribution in [1.29, 1.82) is 0 Å². The molecule has 1 atom stereocenters. The summed E-state index contributed by atoms with van der Waals surface area (Å²) in [5.41, 5.74) is 0.511. The molecule has 1 saturated carbocycles. The molecule has 2 fully saturated rings. The Balaban J connectivity index is 1.85. The van der Waals surface area contributed by atoms with E-state index in [1.807, 2.05) is 0 Å². The molecule has 0 aromatic heterocycles. The lowest BCUT2D eigenvalue weighted by atomic mass is 10.0. The van der Waals surface area contributed by atoms with E-state index in [9.17, 15) is 9.59 Å². The molecule has 5 nitrogen and oxygen atoms in total. The van der Waals surface area contributed by atoms with Gasteiger partial charge in [-0.15, -0.1) is 0 Å².